The van der Waals surface area contributed by atoms with Crippen LogP contribution >= 0.6 is 12.4 Å². The van der Waals surface area contributed by atoms with Gasteiger partial charge >= 0.3 is 0 Å². The summed E-state index contributed by atoms with van der Waals surface area (Å²) in [6.07, 6.45) is 2.54. The van der Waals surface area contributed by atoms with Crippen LogP contribution in [0.1, 0.15) is 94.9 Å². The number of aromatic amines is 3. The Balaban J connectivity index is 0.0000116. The SMILES string of the molecule is COc1ccc2[nH]c(C)c(CC(=O)C(CCCN)[C@H](N)C(=O)Nc3ccc(C(c4ccc(NC(=O)[C@@H](N)C(CCCN)C(=O)Cc5c(C)[nH]c6ccc(OC)cc56)cc4)c4ccc(NC(=O)[C@@H](N)C(CCCN)C(=O)Cc5c(C)[nH]c6ccc(OC)cc56)cc4)cc3)c2c1.Cl. The van der Waals surface area contributed by atoms with E-state index in [1.54, 1.807) is 57.7 Å². The zero-order valence-corrected chi connectivity index (χ0v) is 55.5. The first-order chi connectivity index (χ1) is 45.3. The minimum absolute atomic E-state index is 0. The van der Waals surface area contributed by atoms with Crippen LogP contribution in [0, 0.1) is 38.5 Å². The van der Waals surface area contributed by atoms with Crippen LogP contribution in [-0.4, -0.2) is 109 Å². The fourth-order valence-electron chi connectivity index (χ4n) is 12.8. The monoisotopic (exact) mass is 1310 g/mol. The Bertz CT molecular complexity index is 3740. The van der Waals surface area contributed by atoms with E-state index in [9.17, 15) is 28.8 Å². The van der Waals surface area contributed by atoms with Gasteiger partial charge in [-0.15, -0.1) is 12.4 Å². The van der Waals surface area contributed by atoms with Crippen LogP contribution in [0.5, 0.6) is 17.2 Å². The van der Waals surface area contributed by atoms with Crippen LogP contribution < -0.4 is 64.6 Å². The lowest BCUT2D eigenvalue weighted by atomic mass is 9.84. The molecule has 9 aromatic rings. The Morgan fingerprint density at radius 3 is 0.884 bits per heavy atom. The number of hydrogen-bond acceptors (Lipinski definition) is 15. The predicted octanol–water partition coefficient (Wildman–Crippen LogP) is 8.98. The fourth-order valence-corrected chi connectivity index (χ4v) is 12.8. The van der Waals surface area contributed by atoms with Crippen LogP contribution in [0.3, 0.4) is 0 Å². The summed E-state index contributed by atoms with van der Waals surface area (Å²) in [5.74, 6) is -3.15. The van der Waals surface area contributed by atoms with Gasteiger partial charge in [-0.2, -0.15) is 0 Å². The molecule has 3 unspecified atom stereocenters. The average molecular weight is 1310 g/mol. The van der Waals surface area contributed by atoms with E-state index < -0.39 is 59.5 Å². The van der Waals surface area contributed by atoms with Crippen molar-refractivity contribution in [3.63, 3.8) is 0 Å². The van der Waals surface area contributed by atoms with Gasteiger partial charge in [0.15, 0.2) is 0 Å². The van der Waals surface area contributed by atoms with Gasteiger partial charge in [0.1, 0.15) is 34.6 Å². The van der Waals surface area contributed by atoms with Crippen LogP contribution in [0.15, 0.2) is 127 Å². The van der Waals surface area contributed by atoms with E-state index in [0.717, 1.165) is 83.2 Å². The molecule has 3 heterocycles. The summed E-state index contributed by atoms with van der Waals surface area (Å²) < 4.78 is 16.4. The molecule has 0 fully saturated rings. The number of methoxy groups -OCH3 is 3. The van der Waals surface area contributed by atoms with Crippen LogP contribution in [0.4, 0.5) is 17.1 Å². The van der Waals surface area contributed by atoms with Gasteiger partial charge < -0.3 is 79.5 Å². The number of aromatic nitrogens is 3. The molecule has 3 aromatic heterocycles. The number of anilines is 3. The third kappa shape index (κ3) is 16.8. The Kier molecular flexibility index (Phi) is 24.7. The van der Waals surface area contributed by atoms with E-state index in [1.165, 1.54) is 0 Å². The lowest BCUT2D eigenvalue weighted by molar-refractivity contribution is -0.128. The van der Waals surface area contributed by atoms with Crippen LogP contribution in [0.25, 0.3) is 32.7 Å². The summed E-state index contributed by atoms with van der Waals surface area (Å²) in [4.78, 5) is 94.9. The molecule has 502 valence electrons. The van der Waals surface area contributed by atoms with E-state index in [2.05, 4.69) is 30.9 Å². The second kappa shape index (κ2) is 32.8. The Morgan fingerprint density at radius 1 is 0.400 bits per heavy atom. The van der Waals surface area contributed by atoms with Gasteiger partial charge in [-0.1, -0.05) is 36.4 Å². The number of amides is 3. The molecule has 0 radical (unpaired) electrons. The number of ketones is 3. The summed E-state index contributed by atoms with van der Waals surface area (Å²) in [7, 11) is 4.75. The molecule has 21 nitrogen and oxygen atoms in total. The number of carbonyl (C=O) groups is 6. The lowest BCUT2D eigenvalue weighted by Crippen LogP contribution is -2.45. The second-order valence-corrected chi connectivity index (χ2v) is 24.3. The average Bonchev–Trinajstić information content (AvgIpc) is 1.78. The topological polar surface area (TPSA) is 370 Å². The lowest BCUT2D eigenvalue weighted by Gasteiger charge is -2.24. The van der Waals surface area contributed by atoms with Crippen molar-refractivity contribution in [3.8, 4) is 17.2 Å². The van der Waals surface area contributed by atoms with Crippen molar-refractivity contribution in [3.05, 3.63) is 178 Å². The van der Waals surface area contributed by atoms with Crippen molar-refractivity contribution in [2.45, 2.75) is 103 Å². The Hall–Kier alpha value is -9.19. The van der Waals surface area contributed by atoms with Crippen LogP contribution in [-0.2, 0) is 48.0 Å². The number of aryl methyl sites for hydroxylation is 3. The summed E-state index contributed by atoms with van der Waals surface area (Å²) in [6.45, 7) is 6.65. The maximum Gasteiger partial charge on any atom is 0.242 e. The number of rotatable bonds is 33. The van der Waals surface area contributed by atoms with Gasteiger partial charge in [-0.3, -0.25) is 28.8 Å². The maximum atomic E-state index is 14.2. The van der Waals surface area contributed by atoms with Crippen LogP contribution in [0.2, 0.25) is 0 Å². The zero-order chi connectivity index (χ0) is 67.3. The number of H-pyrrole nitrogens is 3. The summed E-state index contributed by atoms with van der Waals surface area (Å²) in [5, 5.41) is 11.4. The molecule has 9 rings (SSSR count). The molecule has 0 bridgehead atoms. The molecule has 6 atom stereocenters. The standard InChI is InChI=1S/C73H88N12O9.ClH/c1-40-55(58-34-49(92-4)25-28-61(58)80-40)37-64(86)52(10-7-31-74)68(77)71(89)83-46-19-13-43(14-20-46)67(44-15-21-47(22-16-44)84-72(90)69(78)53(11-8-32-75)65(87)38-56-41(2)81-62-29-26-50(93-5)35-59(56)62)45-17-23-48(24-18-45)85-73(91)70(79)54(12-9-33-76)66(88)39-57-42(3)82-63-30-27-51(94-6)36-60(57)63;/h13-30,34-36,52-54,67-70,80-82H,7-12,31-33,37-39,74-79H2,1-6H3,(H,83,89)(H,84,90)(H,85,91);1H/t52?,53?,54?,67?,68-,69-,70-;/m0./s1. The molecule has 3 amide bonds. The van der Waals surface area contributed by atoms with E-state index in [-0.39, 0.29) is 49.0 Å². The van der Waals surface area contributed by atoms with Crippen molar-refractivity contribution in [1.29, 1.82) is 0 Å². The van der Waals surface area contributed by atoms with Crippen molar-refractivity contribution < 1.29 is 43.0 Å². The van der Waals surface area contributed by atoms with E-state index in [1.807, 2.05) is 112 Å². The number of nitrogens with one attached hydrogen (secondary N) is 6. The van der Waals surface area contributed by atoms with Crippen molar-refractivity contribution in [2.75, 3.05) is 56.9 Å². The fraction of sp³-hybridized carbons (Fsp3) is 0.342. The minimum Gasteiger partial charge on any atom is -0.497 e. The van der Waals surface area contributed by atoms with Crippen molar-refractivity contribution in [2.24, 2.45) is 52.2 Å². The van der Waals surface area contributed by atoms with Gasteiger partial charge in [-0.25, -0.2) is 0 Å². The molecule has 6 aromatic carbocycles. The maximum absolute atomic E-state index is 14.2. The highest BCUT2D eigenvalue weighted by Gasteiger charge is 2.35. The zero-order valence-electron chi connectivity index (χ0n) is 54.7. The third-order valence-corrected chi connectivity index (χ3v) is 18.2. The number of benzene rings is 6. The smallest absolute Gasteiger partial charge is 0.242 e. The molecule has 0 spiro atoms. The highest BCUT2D eigenvalue weighted by molar-refractivity contribution is 6.03. The van der Waals surface area contributed by atoms with Crippen molar-refractivity contribution >= 4 is 97.2 Å². The highest BCUT2D eigenvalue weighted by atomic mass is 35.5. The quantitative estimate of drug-likeness (QED) is 0.0171. The molecule has 0 aliphatic heterocycles. The Labute approximate surface area is 559 Å². The van der Waals surface area contributed by atoms with Gasteiger partial charge in [-0.05, 0) is 203 Å². The minimum atomic E-state index is -1.19. The number of hydrogen-bond donors (Lipinski definition) is 12. The summed E-state index contributed by atoms with van der Waals surface area (Å²) in [5.41, 5.74) is 49.2. The number of nitrogens with two attached hydrogens (primary N) is 6. The number of carbonyl (C=O) groups excluding carboxylic acids is 6. The molecule has 22 heteroatoms. The van der Waals surface area contributed by atoms with Crippen molar-refractivity contribution in [1.82, 2.24) is 15.0 Å². The van der Waals surface area contributed by atoms with Gasteiger partial charge in [0.2, 0.25) is 17.7 Å². The number of fused-ring (bicyclic) bond motifs is 3. The second-order valence-electron chi connectivity index (χ2n) is 24.3. The number of halogens is 1. The highest BCUT2D eigenvalue weighted by Crippen LogP contribution is 2.36. The van der Waals surface area contributed by atoms with E-state index >= 15 is 0 Å². The summed E-state index contributed by atoms with van der Waals surface area (Å²) >= 11 is 0. The van der Waals surface area contributed by atoms with E-state index in [0.29, 0.717) is 92.5 Å². The first-order valence-corrected chi connectivity index (χ1v) is 31.9. The first-order valence-electron chi connectivity index (χ1n) is 31.9. The molecule has 0 saturated heterocycles. The van der Waals surface area contributed by atoms with Gasteiger partial charge in [0.05, 0.1) is 39.5 Å². The van der Waals surface area contributed by atoms with Gasteiger partial charge in [0, 0.05) is 110 Å². The molecular formula is C73H89ClN12O9. The predicted molar refractivity (Wildman–Crippen MR) is 378 cm³/mol. The Morgan fingerprint density at radius 2 is 0.653 bits per heavy atom. The largest absolute Gasteiger partial charge is 0.497 e. The first kappa shape index (κ1) is 71.7. The number of ether oxygens (including phenoxy) is 3. The molecular weight excluding hydrogens is 1220 g/mol. The molecule has 0 aliphatic rings. The molecule has 18 N–H and O–H groups in total. The normalized spacial score (nSPS) is 13.6. The summed E-state index contributed by atoms with van der Waals surface area (Å²) in [6, 6.07) is 35.1. The third-order valence-electron chi connectivity index (χ3n) is 18.2. The molecule has 0 aliphatic carbocycles. The van der Waals surface area contributed by atoms with E-state index in [4.69, 9.17) is 48.6 Å². The molecule has 0 saturated carbocycles. The number of Topliss-reactive ketones (excluding diaryl/α,β-unsaturated/α-hetero) is 3. The van der Waals surface area contributed by atoms with Gasteiger partial charge in [0.25, 0.3) is 0 Å². The molecule has 95 heavy (non-hydrogen) atoms.